The van der Waals surface area contributed by atoms with Crippen molar-refractivity contribution < 1.29 is 9.84 Å². The number of benzene rings is 2. The van der Waals surface area contributed by atoms with Gasteiger partial charge in [0, 0.05) is 0 Å². The van der Waals surface area contributed by atoms with Crippen molar-refractivity contribution in [1.82, 2.24) is 0 Å². The van der Waals surface area contributed by atoms with Crippen LogP contribution in [0.5, 0.6) is 5.75 Å². The first kappa shape index (κ1) is 15.6. The van der Waals surface area contributed by atoms with Crippen molar-refractivity contribution in [3.05, 3.63) is 65.2 Å². The molecule has 0 aromatic heterocycles. The van der Waals surface area contributed by atoms with Crippen molar-refractivity contribution in [2.45, 2.75) is 45.8 Å². The molecule has 0 heterocycles. The van der Waals surface area contributed by atoms with E-state index in [4.69, 9.17) is 4.74 Å². The molecule has 0 aliphatic rings. The van der Waals surface area contributed by atoms with E-state index in [0.29, 0.717) is 5.92 Å². The van der Waals surface area contributed by atoms with Gasteiger partial charge in [-0.2, -0.15) is 0 Å². The number of aliphatic hydroxyl groups excluding tert-OH is 1. The van der Waals surface area contributed by atoms with E-state index in [1.807, 2.05) is 50.2 Å². The first-order chi connectivity index (χ1) is 9.97. The van der Waals surface area contributed by atoms with Gasteiger partial charge in [-0.05, 0) is 48.6 Å². The largest absolute Gasteiger partial charge is 0.491 e. The third-order valence-corrected chi connectivity index (χ3v) is 3.46. The maximum absolute atomic E-state index is 10.5. The zero-order chi connectivity index (χ0) is 15.4. The fourth-order valence-corrected chi connectivity index (χ4v) is 2.29. The molecule has 2 rings (SSSR count). The summed E-state index contributed by atoms with van der Waals surface area (Å²) >= 11 is 0. The molecule has 0 aliphatic heterocycles. The second-order valence-corrected chi connectivity index (χ2v) is 5.96. The van der Waals surface area contributed by atoms with Gasteiger partial charge in [0.25, 0.3) is 0 Å². The number of hydrogen-bond acceptors (Lipinski definition) is 2. The number of hydrogen-bond donors (Lipinski definition) is 1. The zero-order valence-corrected chi connectivity index (χ0v) is 13.2. The van der Waals surface area contributed by atoms with Crippen LogP contribution in [0.2, 0.25) is 0 Å². The molecule has 0 saturated carbocycles. The summed E-state index contributed by atoms with van der Waals surface area (Å²) in [6.45, 7) is 8.32. The Morgan fingerprint density at radius 3 is 2.00 bits per heavy atom. The van der Waals surface area contributed by atoms with E-state index < -0.39 is 6.10 Å². The highest BCUT2D eigenvalue weighted by Crippen LogP contribution is 2.26. The average molecular weight is 284 g/mol. The Balaban J connectivity index is 2.20. The molecule has 0 bridgehead atoms. The quantitative estimate of drug-likeness (QED) is 0.864. The summed E-state index contributed by atoms with van der Waals surface area (Å²) in [5.74, 6) is 1.29. The molecule has 1 unspecified atom stereocenters. The molecule has 0 spiro atoms. The molecule has 0 radical (unpaired) electrons. The summed E-state index contributed by atoms with van der Waals surface area (Å²) in [4.78, 5) is 0. The van der Waals surface area contributed by atoms with Gasteiger partial charge < -0.3 is 9.84 Å². The van der Waals surface area contributed by atoms with Crippen LogP contribution in [0.4, 0.5) is 0 Å². The summed E-state index contributed by atoms with van der Waals surface area (Å²) in [7, 11) is 0. The van der Waals surface area contributed by atoms with Gasteiger partial charge in [-0.25, -0.2) is 0 Å². The molecule has 1 atom stereocenters. The Morgan fingerprint density at radius 2 is 1.43 bits per heavy atom. The third kappa shape index (κ3) is 4.08. The zero-order valence-electron chi connectivity index (χ0n) is 13.2. The van der Waals surface area contributed by atoms with Crippen LogP contribution in [0.1, 0.15) is 56.4 Å². The van der Waals surface area contributed by atoms with Crippen molar-refractivity contribution in [3.8, 4) is 5.75 Å². The Kier molecular flexibility index (Phi) is 5.03. The number of aliphatic hydroxyl groups is 1. The van der Waals surface area contributed by atoms with Crippen LogP contribution in [-0.4, -0.2) is 11.2 Å². The smallest absolute Gasteiger partial charge is 0.120 e. The van der Waals surface area contributed by atoms with E-state index in [1.54, 1.807) is 0 Å². The fourth-order valence-electron chi connectivity index (χ4n) is 2.29. The Morgan fingerprint density at radius 1 is 0.810 bits per heavy atom. The normalized spacial score (nSPS) is 12.7. The highest BCUT2D eigenvalue weighted by atomic mass is 16.5. The van der Waals surface area contributed by atoms with E-state index in [2.05, 4.69) is 26.0 Å². The second-order valence-electron chi connectivity index (χ2n) is 5.96. The molecule has 0 fully saturated rings. The van der Waals surface area contributed by atoms with Crippen LogP contribution in [0.15, 0.2) is 48.5 Å². The van der Waals surface area contributed by atoms with E-state index in [9.17, 15) is 5.11 Å². The highest BCUT2D eigenvalue weighted by Gasteiger charge is 2.12. The van der Waals surface area contributed by atoms with Crippen molar-refractivity contribution in [2.75, 3.05) is 0 Å². The predicted octanol–water partition coefficient (Wildman–Crippen LogP) is 4.68. The minimum atomic E-state index is -0.623. The minimum absolute atomic E-state index is 0.128. The van der Waals surface area contributed by atoms with Crippen LogP contribution >= 0.6 is 0 Å². The molecular weight excluding hydrogens is 260 g/mol. The third-order valence-electron chi connectivity index (χ3n) is 3.46. The average Bonchev–Trinajstić information content (AvgIpc) is 2.46. The monoisotopic (exact) mass is 284 g/mol. The lowest BCUT2D eigenvalue weighted by Gasteiger charge is -2.15. The number of rotatable bonds is 5. The molecule has 21 heavy (non-hydrogen) atoms. The van der Waals surface area contributed by atoms with Crippen LogP contribution in [0.3, 0.4) is 0 Å². The minimum Gasteiger partial charge on any atom is -0.491 e. The summed E-state index contributed by atoms with van der Waals surface area (Å²) in [6.07, 6.45) is -0.496. The molecule has 0 amide bonds. The van der Waals surface area contributed by atoms with Crippen molar-refractivity contribution in [3.63, 3.8) is 0 Å². The molecule has 0 aliphatic carbocycles. The van der Waals surface area contributed by atoms with Crippen LogP contribution in [0.25, 0.3) is 0 Å². The molecule has 2 nitrogen and oxygen atoms in total. The first-order valence-electron chi connectivity index (χ1n) is 7.52. The standard InChI is InChI=1S/C19H24O2/c1-13(2)15-8-10-16(11-9-15)19(20)17-6-5-7-18(12-17)21-14(3)4/h5-14,19-20H,1-4H3. The van der Waals surface area contributed by atoms with Gasteiger partial charge >= 0.3 is 0 Å². The van der Waals surface area contributed by atoms with Crippen LogP contribution < -0.4 is 4.74 Å². The molecule has 2 aromatic rings. The number of ether oxygens (including phenoxy) is 1. The van der Waals surface area contributed by atoms with E-state index in [-0.39, 0.29) is 6.10 Å². The molecule has 2 aromatic carbocycles. The van der Waals surface area contributed by atoms with Crippen molar-refractivity contribution in [2.24, 2.45) is 0 Å². The fraction of sp³-hybridized carbons (Fsp3) is 0.368. The SMILES string of the molecule is CC(C)Oc1cccc(C(O)c2ccc(C(C)C)cc2)c1. The van der Waals surface area contributed by atoms with Gasteiger partial charge in [-0.1, -0.05) is 50.2 Å². The van der Waals surface area contributed by atoms with E-state index >= 15 is 0 Å². The molecule has 2 heteroatoms. The van der Waals surface area contributed by atoms with Gasteiger partial charge in [-0.15, -0.1) is 0 Å². The summed E-state index contributed by atoms with van der Waals surface area (Å²) < 4.78 is 5.68. The molecule has 0 saturated heterocycles. The highest BCUT2D eigenvalue weighted by molar-refractivity contribution is 5.36. The Labute approximate surface area is 127 Å². The summed E-state index contributed by atoms with van der Waals surface area (Å²) in [6, 6.07) is 15.8. The van der Waals surface area contributed by atoms with Gasteiger partial charge in [0.2, 0.25) is 0 Å². The molecule has 1 N–H and O–H groups in total. The summed E-state index contributed by atoms with van der Waals surface area (Å²) in [5.41, 5.74) is 3.04. The van der Waals surface area contributed by atoms with Crippen LogP contribution in [0, 0.1) is 0 Å². The summed E-state index contributed by atoms with van der Waals surface area (Å²) in [5, 5.41) is 10.5. The topological polar surface area (TPSA) is 29.5 Å². The Bertz CT molecular complexity index is 570. The molecule has 112 valence electrons. The lowest BCUT2D eigenvalue weighted by Crippen LogP contribution is -2.06. The maximum Gasteiger partial charge on any atom is 0.120 e. The second kappa shape index (κ2) is 6.77. The first-order valence-corrected chi connectivity index (χ1v) is 7.52. The van der Waals surface area contributed by atoms with Crippen molar-refractivity contribution in [1.29, 1.82) is 0 Å². The Hall–Kier alpha value is -1.80. The van der Waals surface area contributed by atoms with Crippen molar-refractivity contribution >= 4 is 0 Å². The molecular formula is C19H24O2. The van der Waals surface area contributed by atoms with E-state index in [1.165, 1.54) is 5.56 Å². The maximum atomic E-state index is 10.5. The van der Waals surface area contributed by atoms with Crippen LogP contribution in [-0.2, 0) is 0 Å². The lowest BCUT2D eigenvalue weighted by molar-refractivity contribution is 0.216. The lowest BCUT2D eigenvalue weighted by atomic mass is 9.97. The predicted molar refractivity (Wildman–Crippen MR) is 86.8 cm³/mol. The van der Waals surface area contributed by atoms with Gasteiger partial charge in [-0.3, -0.25) is 0 Å². The van der Waals surface area contributed by atoms with Gasteiger partial charge in [0.15, 0.2) is 0 Å². The van der Waals surface area contributed by atoms with Gasteiger partial charge in [0.1, 0.15) is 11.9 Å². The van der Waals surface area contributed by atoms with E-state index in [0.717, 1.165) is 16.9 Å². The van der Waals surface area contributed by atoms with Gasteiger partial charge in [0.05, 0.1) is 6.10 Å².